The van der Waals surface area contributed by atoms with Gasteiger partial charge in [0.05, 0.1) is 0 Å². The highest BCUT2D eigenvalue weighted by Gasteiger charge is 2.51. The van der Waals surface area contributed by atoms with Crippen LogP contribution < -0.4 is 0 Å². The van der Waals surface area contributed by atoms with Crippen LogP contribution in [-0.4, -0.2) is 120 Å². The first-order chi connectivity index (χ1) is 13.3. The molecule has 0 radical (unpaired) electrons. The molecule has 0 spiro atoms. The van der Waals surface area contributed by atoms with Gasteiger partial charge in [-0.05, 0) is 33.6 Å². The average Bonchev–Trinajstić information content (AvgIpc) is 2.66. The molecule has 0 aromatic heterocycles. The van der Waals surface area contributed by atoms with E-state index in [1.165, 1.54) is 12.8 Å². The van der Waals surface area contributed by atoms with Gasteiger partial charge in [-0.3, -0.25) is 4.90 Å². The number of rotatable bonds is 3. The summed E-state index contributed by atoms with van der Waals surface area (Å²) in [5, 5.41) is 19.7. The van der Waals surface area contributed by atoms with Crippen molar-refractivity contribution < 1.29 is 19.8 Å². The third-order valence-corrected chi connectivity index (χ3v) is 5.85. The zero-order valence-electron chi connectivity index (χ0n) is 18.2. The van der Waals surface area contributed by atoms with Crippen LogP contribution in [0.3, 0.4) is 0 Å². The van der Waals surface area contributed by atoms with Crippen molar-refractivity contribution in [3.8, 4) is 0 Å². The summed E-state index contributed by atoms with van der Waals surface area (Å²) in [7, 11) is 3.94. The minimum atomic E-state index is -1.85. The van der Waals surface area contributed by atoms with E-state index in [-0.39, 0.29) is 6.42 Å². The highest BCUT2D eigenvalue weighted by Crippen LogP contribution is 2.23. The van der Waals surface area contributed by atoms with Gasteiger partial charge >= 0.3 is 11.9 Å². The number of hydrogen-bond donors (Lipinski definition) is 2. The molecule has 2 N–H and O–H groups in total. The Hall–Kier alpha value is -1.22. The lowest BCUT2D eigenvalue weighted by atomic mass is 9.91. The standard InChI is InChI=1S/C16H30N4O4.C4H10/c1-17-5-3-6-19-10-8-18(2)7-4-16(14(21)22,15(23)24)20(12-9-17)13-11-19;1-3-4-2/h3-13H2,1-2H3,(H,21,22)(H,23,24);3-4H2,1-2H3. The molecule has 2 aliphatic heterocycles. The van der Waals surface area contributed by atoms with Gasteiger partial charge in [-0.1, -0.05) is 26.7 Å². The van der Waals surface area contributed by atoms with Gasteiger partial charge < -0.3 is 24.9 Å². The zero-order chi connectivity index (χ0) is 21.2. The number of carboxylic acids is 2. The maximum Gasteiger partial charge on any atom is 0.335 e. The predicted molar refractivity (Wildman–Crippen MR) is 111 cm³/mol. The molecule has 164 valence electrons. The predicted octanol–water partition coefficient (Wildman–Crippen LogP) is 0.976. The topological polar surface area (TPSA) is 87.6 Å². The maximum atomic E-state index is 12.0. The number of fused-ring (bicyclic) bond motifs is 3. The minimum Gasteiger partial charge on any atom is -0.479 e. The lowest BCUT2D eigenvalue weighted by molar-refractivity contribution is -0.169. The van der Waals surface area contributed by atoms with Crippen LogP contribution in [0.5, 0.6) is 0 Å². The molecule has 28 heavy (non-hydrogen) atoms. The van der Waals surface area contributed by atoms with Crippen LogP contribution in [0.1, 0.15) is 39.5 Å². The number of unbranched alkanes of at least 4 members (excludes halogenated alkanes) is 1. The van der Waals surface area contributed by atoms with Gasteiger partial charge in [0, 0.05) is 52.2 Å². The summed E-state index contributed by atoms with van der Waals surface area (Å²) in [6, 6.07) is 0. The monoisotopic (exact) mass is 400 g/mol. The molecule has 0 aromatic carbocycles. The van der Waals surface area contributed by atoms with E-state index in [9.17, 15) is 19.8 Å². The average molecular weight is 401 g/mol. The van der Waals surface area contributed by atoms with Crippen molar-refractivity contribution in [3.05, 3.63) is 0 Å². The maximum absolute atomic E-state index is 12.0. The van der Waals surface area contributed by atoms with Crippen LogP contribution in [-0.2, 0) is 9.59 Å². The number of likely N-dealkylation sites (N-methyl/N-ethyl adjacent to an activating group) is 2. The largest absolute Gasteiger partial charge is 0.479 e. The van der Waals surface area contributed by atoms with Gasteiger partial charge in [0.15, 0.2) is 0 Å². The first kappa shape index (κ1) is 24.8. The molecular formula is C20H40N4O4. The SMILES string of the molecule is CCCC.CN1CCCN2CCN(C)CCC(C(=O)O)(C(=O)O)N(CC1)CC2. The van der Waals surface area contributed by atoms with Crippen molar-refractivity contribution in [1.29, 1.82) is 0 Å². The molecular weight excluding hydrogens is 360 g/mol. The van der Waals surface area contributed by atoms with E-state index < -0.39 is 17.5 Å². The summed E-state index contributed by atoms with van der Waals surface area (Å²) in [5.41, 5.74) is -1.85. The summed E-state index contributed by atoms with van der Waals surface area (Å²) >= 11 is 0. The Morgan fingerprint density at radius 1 is 0.750 bits per heavy atom. The van der Waals surface area contributed by atoms with Crippen molar-refractivity contribution in [2.45, 2.75) is 45.1 Å². The van der Waals surface area contributed by atoms with Crippen molar-refractivity contribution >= 4 is 11.9 Å². The Kier molecular flexibility index (Phi) is 11.0. The van der Waals surface area contributed by atoms with E-state index in [0.29, 0.717) is 32.7 Å². The van der Waals surface area contributed by atoms with Gasteiger partial charge in [0.2, 0.25) is 5.54 Å². The molecule has 2 bridgehead atoms. The van der Waals surface area contributed by atoms with Crippen molar-refractivity contribution in [1.82, 2.24) is 19.6 Å². The van der Waals surface area contributed by atoms with Crippen LogP contribution in [0, 0.1) is 0 Å². The fraction of sp³-hybridized carbons (Fsp3) is 0.900. The highest BCUT2D eigenvalue weighted by molar-refractivity contribution is 6.03. The Bertz CT molecular complexity index is 473. The third-order valence-electron chi connectivity index (χ3n) is 5.85. The molecule has 0 saturated carbocycles. The van der Waals surface area contributed by atoms with E-state index in [1.807, 2.05) is 19.0 Å². The fourth-order valence-electron chi connectivity index (χ4n) is 3.57. The Balaban J connectivity index is 0.000000892. The molecule has 8 nitrogen and oxygen atoms in total. The zero-order valence-corrected chi connectivity index (χ0v) is 18.2. The van der Waals surface area contributed by atoms with E-state index in [1.54, 1.807) is 4.90 Å². The van der Waals surface area contributed by atoms with Crippen LogP contribution in [0.4, 0.5) is 0 Å². The van der Waals surface area contributed by atoms with E-state index in [4.69, 9.17) is 0 Å². The summed E-state index contributed by atoms with van der Waals surface area (Å²) < 4.78 is 0. The number of carbonyl (C=O) groups is 2. The molecule has 8 heteroatoms. The highest BCUT2D eigenvalue weighted by atomic mass is 16.4. The Morgan fingerprint density at radius 2 is 1.25 bits per heavy atom. The second-order valence-corrected chi connectivity index (χ2v) is 8.01. The second-order valence-electron chi connectivity index (χ2n) is 8.01. The summed E-state index contributed by atoms with van der Waals surface area (Å²) in [4.78, 5) is 32.3. The van der Waals surface area contributed by atoms with Gasteiger partial charge in [-0.25, -0.2) is 9.59 Å². The summed E-state index contributed by atoms with van der Waals surface area (Å²) in [5.74, 6) is -2.51. The molecule has 2 unspecified atom stereocenters. The number of nitrogens with zero attached hydrogens (tertiary/aromatic N) is 4. The molecule has 2 saturated heterocycles. The van der Waals surface area contributed by atoms with Crippen LogP contribution >= 0.6 is 0 Å². The molecule has 2 heterocycles. The van der Waals surface area contributed by atoms with Gasteiger partial charge in [0.1, 0.15) is 0 Å². The quantitative estimate of drug-likeness (QED) is 0.678. The lowest BCUT2D eigenvalue weighted by Crippen LogP contribution is -2.64. The normalized spacial score (nSPS) is 27.3. The van der Waals surface area contributed by atoms with E-state index >= 15 is 0 Å². The second kappa shape index (κ2) is 12.4. The number of hydrogen-bond acceptors (Lipinski definition) is 6. The number of carboxylic acid groups (broad SMARTS) is 2. The van der Waals surface area contributed by atoms with E-state index in [0.717, 1.165) is 32.6 Å². The van der Waals surface area contributed by atoms with Gasteiger partial charge in [-0.15, -0.1) is 0 Å². The fourth-order valence-corrected chi connectivity index (χ4v) is 3.57. The van der Waals surface area contributed by atoms with Gasteiger partial charge in [-0.2, -0.15) is 0 Å². The molecule has 0 amide bonds. The summed E-state index contributed by atoms with van der Waals surface area (Å²) in [6.07, 6.45) is 3.81. The van der Waals surface area contributed by atoms with Crippen molar-refractivity contribution in [2.24, 2.45) is 0 Å². The van der Waals surface area contributed by atoms with Crippen LogP contribution in [0.15, 0.2) is 0 Å². The molecule has 0 aliphatic carbocycles. The molecule has 2 rings (SSSR count). The third kappa shape index (κ3) is 6.99. The molecule has 2 fully saturated rings. The van der Waals surface area contributed by atoms with Crippen molar-refractivity contribution in [3.63, 3.8) is 0 Å². The van der Waals surface area contributed by atoms with Crippen LogP contribution in [0.2, 0.25) is 0 Å². The van der Waals surface area contributed by atoms with E-state index in [2.05, 4.69) is 23.6 Å². The van der Waals surface area contributed by atoms with Gasteiger partial charge in [0.25, 0.3) is 0 Å². The molecule has 0 aromatic rings. The first-order valence-corrected chi connectivity index (χ1v) is 10.6. The molecule has 2 atom stereocenters. The summed E-state index contributed by atoms with van der Waals surface area (Å²) in [6.45, 7) is 10.8. The Morgan fingerprint density at radius 3 is 1.82 bits per heavy atom. The smallest absolute Gasteiger partial charge is 0.335 e. The Labute approximate surface area is 170 Å². The first-order valence-electron chi connectivity index (χ1n) is 10.6. The lowest BCUT2D eigenvalue weighted by Gasteiger charge is -2.42. The van der Waals surface area contributed by atoms with Crippen molar-refractivity contribution in [2.75, 3.05) is 73.0 Å². The molecule has 2 aliphatic rings. The number of aliphatic carboxylic acids is 2. The minimum absolute atomic E-state index is 0.0951. The van der Waals surface area contributed by atoms with Crippen LogP contribution in [0.25, 0.3) is 0 Å².